The van der Waals surface area contributed by atoms with Crippen molar-refractivity contribution in [2.24, 2.45) is 0 Å². The van der Waals surface area contributed by atoms with Crippen LogP contribution < -0.4 is 0 Å². The summed E-state index contributed by atoms with van der Waals surface area (Å²) in [4.78, 5) is 24.9. The Bertz CT molecular complexity index is 576. The van der Waals surface area contributed by atoms with Crippen LogP contribution >= 0.6 is 11.8 Å². The van der Waals surface area contributed by atoms with Crippen molar-refractivity contribution in [2.45, 2.75) is 24.8 Å². The Labute approximate surface area is 126 Å². The molecule has 1 amide bonds. The molecule has 0 spiro atoms. The number of carbonyl (C=O) groups excluding carboxylic acids is 1. The predicted octanol–water partition coefficient (Wildman–Crippen LogP) is 2.60. The maximum absolute atomic E-state index is 13.1. The number of carbonyl (C=O) groups is 2. The van der Waals surface area contributed by atoms with Gasteiger partial charge >= 0.3 is 5.97 Å². The molecule has 1 aliphatic heterocycles. The molecule has 0 aromatic heterocycles. The number of hydrogen-bond acceptors (Lipinski definition) is 3. The number of nitrogens with zero attached hydrogens (tertiary/aromatic N) is 1. The monoisotopic (exact) mass is 309 g/mol. The second-order valence-electron chi connectivity index (χ2n) is 4.68. The number of rotatable bonds is 4. The Morgan fingerprint density at radius 3 is 2.90 bits per heavy atom. The molecule has 1 N–H and O–H groups in total. The lowest BCUT2D eigenvalue weighted by Crippen LogP contribution is -2.44. The van der Waals surface area contributed by atoms with Gasteiger partial charge in [-0.1, -0.05) is 19.1 Å². The highest BCUT2D eigenvalue weighted by atomic mass is 32.2. The maximum Gasteiger partial charge on any atom is 0.327 e. The van der Waals surface area contributed by atoms with Crippen molar-refractivity contribution in [3.63, 3.8) is 0 Å². The number of benzene rings is 1. The molecule has 2 atom stereocenters. The topological polar surface area (TPSA) is 57.6 Å². The minimum atomic E-state index is -0.994. The van der Waals surface area contributed by atoms with Crippen LogP contribution in [-0.4, -0.2) is 39.1 Å². The Hall–Kier alpha value is -1.82. The molecule has 0 bridgehead atoms. The Morgan fingerprint density at radius 1 is 1.52 bits per heavy atom. The van der Waals surface area contributed by atoms with Gasteiger partial charge in [-0.15, -0.1) is 11.8 Å². The first-order chi connectivity index (χ1) is 10.0. The fourth-order valence-electron chi connectivity index (χ4n) is 2.23. The molecule has 112 valence electrons. The summed E-state index contributed by atoms with van der Waals surface area (Å²) >= 11 is 1.47. The van der Waals surface area contributed by atoms with Gasteiger partial charge in [0.25, 0.3) is 0 Å². The molecular weight excluding hydrogens is 293 g/mol. The zero-order valence-electron chi connectivity index (χ0n) is 11.5. The van der Waals surface area contributed by atoms with Gasteiger partial charge in [-0.3, -0.25) is 4.79 Å². The lowest BCUT2D eigenvalue weighted by atomic mass is 10.2. The molecule has 1 aromatic carbocycles. The number of carboxylic acids is 1. The van der Waals surface area contributed by atoms with E-state index in [0.29, 0.717) is 17.7 Å². The van der Waals surface area contributed by atoms with Crippen LogP contribution in [0.3, 0.4) is 0 Å². The van der Waals surface area contributed by atoms with Crippen molar-refractivity contribution in [3.05, 3.63) is 41.7 Å². The summed E-state index contributed by atoms with van der Waals surface area (Å²) in [6, 6.07) is 5.07. The van der Waals surface area contributed by atoms with E-state index in [-0.39, 0.29) is 17.1 Å². The number of halogens is 1. The SMILES string of the molecule is CCC1SCC(C(=O)O)N1C(=O)C=Cc1cccc(F)c1. The van der Waals surface area contributed by atoms with Gasteiger partial charge in [0.1, 0.15) is 11.9 Å². The Morgan fingerprint density at radius 2 is 2.29 bits per heavy atom. The smallest absolute Gasteiger partial charge is 0.327 e. The first-order valence-electron chi connectivity index (χ1n) is 6.63. The molecule has 21 heavy (non-hydrogen) atoms. The van der Waals surface area contributed by atoms with Crippen molar-refractivity contribution in [3.8, 4) is 0 Å². The molecule has 1 heterocycles. The maximum atomic E-state index is 13.1. The highest BCUT2D eigenvalue weighted by Gasteiger charge is 2.39. The largest absolute Gasteiger partial charge is 0.480 e. The molecule has 2 unspecified atom stereocenters. The zero-order chi connectivity index (χ0) is 15.4. The summed E-state index contributed by atoms with van der Waals surface area (Å²) in [5.74, 6) is -1.33. The average molecular weight is 309 g/mol. The van der Waals surface area contributed by atoms with Crippen LogP contribution in [0.15, 0.2) is 30.3 Å². The molecular formula is C15H16FNO3S. The van der Waals surface area contributed by atoms with Crippen LogP contribution in [0.5, 0.6) is 0 Å². The third-order valence-electron chi connectivity index (χ3n) is 3.25. The first-order valence-corrected chi connectivity index (χ1v) is 7.68. The molecule has 1 fully saturated rings. The van der Waals surface area contributed by atoms with E-state index in [1.54, 1.807) is 12.1 Å². The van der Waals surface area contributed by atoms with E-state index in [1.807, 2.05) is 6.92 Å². The van der Waals surface area contributed by atoms with E-state index < -0.39 is 12.0 Å². The van der Waals surface area contributed by atoms with Crippen LogP contribution in [0.1, 0.15) is 18.9 Å². The number of hydrogen-bond donors (Lipinski definition) is 1. The van der Waals surface area contributed by atoms with Gasteiger partial charge in [-0.2, -0.15) is 0 Å². The Kier molecular flexibility index (Phi) is 5.01. The van der Waals surface area contributed by atoms with Crippen molar-refractivity contribution in [1.29, 1.82) is 0 Å². The van der Waals surface area contributed by atoms with Gasteiger partial charge in [0.15, 0.2) is 0 Å². The highest BCUT2D eigenvalue weighted by molar-refractivity contribution is 8.00. The number of carboxylic acid groups (broad SMARTS) is 1. The summed E-state index contributed by atoms with van der Waals surface area (Å²) < 4.78 is 13.1. The quantitative estimate of drug-likeness (QED) is 0.869. The van der Waals surface area contributed by atoms with Crippen LogP contribution in [0.25, 0.3) is 6.08 Å². The second kappa shape index (κ2) is 6.76. The van der Waals surface area contributed by atoms with Crippen molar-refractivity contribution < 1.29 is 19.1 Å². The normalized spacial score (nSPS) is 21.9. The van der Waals surface area contributed by atoms with E-state index in [0.717, 1.165) is 0 Å². The van der Waals surface area contributed by atoms with Gasteiger partial charge in [0, 0.05) is 11.8 Å². The van der Waals surface area contributed by atoms with Gasteiger partial charge in [0.05, 0.1) is 5.37 Å². The van der Waals surface area contributed by atoms with Crippen LogP contribution in [0.4, 0.5) is 4.39 Å². The molecule has 1 aromatic rings. The third-order valence-corrected chi connectivity index (χ3v) is 4.70. The molecule has 0 radical (unpaired) electrons. The fourth-order valence-corrected chi connectivity index (χ4v) is 3.58. The van der Waals surface area contributed by atoms with E-state index in [1.165, 1.54) is 40.9 Å². The van der Waals surface area contributed by atoms with Gasteiger partial charge in [-0.05, 0) is 30.2 Å². The average Bonchev–Trinajstić information content (AvgIpc) is 2.89. The molecule has 6 heteroatoms. The second-order valence-corrected chi connectivity index (χ2v) is 5.89. The molecule has 1 aliphatic rings. The standard InChI is InChI=1S/C15H16FNO3S/c1-2-14-17(12(9-21-14)15(19)20)13(18)7-6-10-4-3-5-11(16)8-10/h3-8,12,14H,2,9H2,1H3,(H,19,20). The molecule has 4 nitrogen and oxygen atoms in total. The molecule has 0 saturated carbocycles. The first kappa shape index (κ1) is 15.6. The van der Waals surface area contributed by atoms with Crippen LogP contribution in [-0.2, 0) is 9.59 Å². The van der Waals surface area contributed by atoms with E-state index >= 15 is 0 Å². The summed E-state index contributed by atoms with van der Waals surface area (Å²) in [6.45, 7) is 1.92. The zero-order valence-corrected chi connectivity index (χ0v) is 12.3. The lowest BCUT2D eigenvalue weighted by molar-refractivity contribution is -0.147. The summed E-state index contributed by atoms with van der Waals surface area (Å²) in [5.41, 5.74) is 0.565. The number of aliphatic carboxylic acids is 1. The lowest BCUT2D eigenvalue weighted by Gasteiger charge is -2.25. The predicted molar refractivity (Wildman–Crippen MR) is 80.2 cm³/mol. The van der Waals surface area contributed by atoms with Crippen molar-refractivity contribution >= 4 is 29.7 Å². The van der Waals surface area contributed by atoms with E-state index in [9.17, 15) is 19.1 Å². The fraction of sp³-hybridized carbons (Fsp3) is 0.333. The van der Waals surface area contributed by atoms with Gasteiger partial charge in [-0.25, -0.2) is 9.18 Å². The molecule has 1 saturated heterocycles. The van der Waals surface area contributed by atoms with E-state index in [4.69, 9.17) is 0 Å². The summed E-state index contributed by atoms with van der Waals surface area (Å²) in [7, 11) is 0. The minimum Gasteiger partial charge on any atom is -0.480 e. The van der Waals surface area contributed by atoms with E-state index in [2.05, 4.69) is 0 Å². The Balaban J connectivity index is 2.15. The van der Waals surface area contributed by atoms with Gasteiger partial charge < -0.3 is 10.0 Å². The molecule has 0 aliphatic carbocycles. The summed E-state index contributed by atoms with van der Waals surface area (Å²) in [5, 5.41) is 9.06. The summed E-state index contributed by atoms with van der Waals surface area (Å²) in [6.07, 6.45) is 3.49. The van der Waals surface area contributed by atoms with Crippen LogP contribution in [0.2, 0.25) is 0 Å². The number of thioether (sulfide) groups is 1. The van der Waals surface area contributed by atoms with Crippen molar-refractivity contribution in [1.82, 2.24) is 4.90 Å². The number of amides is 1. The highest BCUT2D eigenvalue weighted by Crippen LogP contribution is 2.31. The third kappa shape index (κ3) is 3.64. The minimum absolute atomic E-state index is 0.129. The van der Waals surface area contributed by atoms with Crippen molar-refractivity contribution in [2.75, 3.05) is 5.75 Å². The van der Waals surface area contributed by atoms with Crippen LogP contribution in [0, 0.1) is 5.82 Å². The molecule has 2 rings (SSSR count). The van der Waals surface area contributed by atoms with Gasteiger partial charge in [0.2, 0.25) is 5.91 Å².